The van der Waals surface area contributed by atoms with Gasteiger partial charge in [0.05, 0.1) is 11.3 Å². The average Bonchev–Trinajstić information content (AvgIpc) is 3.75. The summed E-state index contributed by atoms with van der Waals surface area (Å²) in [4.78, 5) is 51.9. The standard InChI is InChI=1S/C36H34N6O7/c1-19(2)25-16-26(31(45)17-30(25)44)33-38-39-36(49)42(33)22-6-7-28-21(14-22)10-12-40(28)13-11-23(43)15-20-4-3-5-24-27(20)18-41(35(24)48)29-8-9-32(46)37-34(29)47/h3-7,10,12,14,16-17,19,29,44-45H,8-9,11,13,15,18H2,1-2H3,(H,39,49)(H,37,46,47). The van der Waals surface area contributed by atoms with Crippen LogP contribution in [0.15, 0.2) is 60.8 Å². The van der Waals surface area contributed by atoms with Gasteiger partial charge >= 0.3 is 6.01 Å². The lowest BCUT2D eigenvalue weighted by Crippen LogP contribution is -2.52. The fourth-order valence-corrected chi connectivity index (χ4v) is 6.81. The number of phenols is 2. The Hall–Kier alpha value is -5.98. The van der Waals surface area contributed by atoms with Crippen LogP contribution in [0.2, 0.25) is 0 Å². The zero-order chi connectivity index (χ0) is 34.6. The first kappa shape index (κ1) is 31.6. The van der Waals surface area contributed by atoms with E-state index in [0.717, 1.165) is 22.0 Å². The number of piperidine rings is 1. The van der Waals surface area contributed by atoms with Gasteiger partial charge in [0.15, 0.2) is 5.82 Å². The maximum absolute atomic E-state index is 13.2. The van der Waals surface area contributed by atoms with E-state index in [4.69, 9.17) is 0 Å². The molecule has 0 radical (unpaired) electrons. The van der Waals surface area contributed by atoms with E-state index in [2.05, 4.69) is 15.5 Å². The van der Waals surface area contributed by atoms with E-state index in [1.165, 1.54) is 15.5 Å². The number of carbonyl (C=O) groups is 4. The van der Waals surface area contributed by atoms with Crippen LogP contribution in [0, 0.1) is 0 Å². The molecular formula is C36H34N6O7. The molecule has 0 aliphatic carbocycles. The van der Waals surface area contributed by atoms with E-state index in [9.17, 15) is 34.5 Å². The van der Waals surface area contributed by atoms with Crippen LogP contribution in [0.1, 0.15) is 66.1 Å². The molecule has 1 saturated heterocycles. The SMILES string of the molecule is CC(C)c1cc(-c2nnc(O)n2-c2ccc3c(ccn3CCC(=O)Cc3cccc4c3CN(C3CCC(=O)NC3=O)C4=O)c2)c(O)cc1O. The molecule has 2 aromatic heterocycles. The summed E-state index contributed by atoms with van der Waals surface area (Å²) in [5.41, 5.74) is 4.30. The number of aromatic hydroxyl groups is 3. The summed E-state index contributed by atoms with van der Waals surface area (Å²) in [6.45, 7) is 4.46. The van der Waals surface area contributed by atoms with Crippen LogP contribution in [0.3, 0.4) is 0 Å². The number of phenolic OH excluding ortho intramolecular Hbond substituents is 2. The Balaban J connectivity index is 1.07. The largest absolute Gasteiger partial charge is 0.508 e. The number of benzene rings is 3. The Labute approximate surface area is 280 Å². The van der Waals surface area contributed by atoms with Crippen molar-refractivity contribution in [2.45, 2.75) is 64.6 Å². The fraction of sp³-hybridized carbons (Fsp3) is 0.278. The number of carbonyl (C=O) groups excluding carboxylic acids is 4. The van der Waals surface area contributed by atoms with Gasteiger partial charge in [0.2, 0.25) is 11.8 Å². The number of fused-ring (bicyclic) bond motifs is 2. The molecule has 250 valence electrons. The first-order valence-electron chi connectivity index (χ1n) is 16.1. The molecule has 13 nitrogen and oxygen atoms in total. The molecule has 3 aromatic carbocycles. The maximum atomic E-state index is 13.2. The van der Waals surface area contributed by atoms with Crippen LogP contribution in [-0.2, 0) is 33.9 Å². The maximum Gasteiger partial charge on any atom is 0.319 e. The van der Waals surface area contributed by atoms with Gasteiger partial charge < -0.3 is 24.8 Å². The number of amides is 3. The number of rotatable bonds is 9. The van der Waals surface area contributed by atoms with Gasteiger partial charge in [-0.1, -0.05) is 31.1 Å². The third-order valence-corrected chi connectivity index (χ3v) is 9.36. The number of hydrogen-bond acceptors (Lipinski definition) is 9. The van der Waals surface area contributed by atoms with Gasteiger partial charge in [-0.3, -0.25) is 24.5 Å². The summed E-state index contributed by atoms with van der Waals surface area (Å²) in [6.07, 6.45) is 2.71. The minimum absolute atomic E-state index is 0.00713. The molecule has 0 saturated carbocycles. The van der Waals surface area contributed by atoms with Gasteiger partial charge in [0, 0.05) is 61.1 Å². The first-order valence-corrected chi connectivity index (χ1v) is 16.1. The van der Waals surface area contributed by atoms with Gasteiger partial charge in [-0.25, -0.2) is 4.57 Å². The molecule has 49 heavy (non-hydrogen) atoms. The fourth-order valence-electron chi connectivity index (χ4n) is 6.81. The van der Waals surface area contributed by atoms with Crippen LogP contribution in [0.25, 0.3) is 28.0 Å². The van der Waals surface area contributed by atoms with Crippen molar-refractivity contribution in [1.29, 1.82) is 0 Å². The molecule has 7 rings (SSSR count). The number of aromatic nitrogens is 4. The topological polar surface area (TPSA) is 180 Å². The highest BCUT2D eigenvalue weighted by atomic mass is 16.3. The van der Waals surface area contributed by atoms with Crippen LogP contribution in [0.4, 0.5) is 0 Å². The second-order valence-corrected chi connectivity index (χ2v) is 12.8. The molecule has 3 amide bonds. The van der Waals surface area contributed by atoms with Crippen molar-refractivity contribution in [2.24, 2.45) is 0 Å². The highest BCUT2D eigenvalue weighted by molar-refractivity contribution is 6.05. The van der Waals surface area contributed by atoms with E-state index < -0.39 is 11.9 Å². The summed E-state index contributed by atoms with van der Waals surface area (Å²) < 4.78 is 3.38. The van der Waals surface area contributed by atoms with Gasteiger partial charge in [0.1, 0.15) is 23.3 Å². The Kier molecular flexibility index (Phi) is 7.89. The van der Waals surface area contributed by atoms with Crippen molar-refractivity contribution in [2.75, 3.05) is 0 Å². The van der Waals surface area contributed by atoms with Gasteiger partial charge in [-0.05, 0) is 65.4 Å². The monoisotopic (exact) mass is 662 g/mol. The lowest BCUT2D eigenvalue weighted by atomic mass is 9.98. The number of ketones is 1. The van der Waals surface area contributed by atoms with E-state index in [1.54, 1.807) is 24.3 Å². The second kappa shape index (κ2) is 12.2. The average molecular weight is 663 g/mol. The molecule has 5 aromatic rings. The van der Waals surface area contributed by atoms with Crippen LogP contribution in [-0.4, -0.2) is 69.1 Å². The summed E-state index contributed by atoms with van der Waals surface area (Å²) in [5.74, 6) is -1.16. The summed E-state index contributed by atoms with van der Waals surface area (Å²) in [7, 11) is 0. The Morgan fingerprint density at radius 2 is 1.80 bits per heavy atom. The quantitative estimate of drug-likeness (QED) is 0.169. The minimum atomic E-state index is -0.720. The smallest absolute Gasteiger partial charge is 0.319 e. The molecule has 2 aliphatic heterocycles. The van der Waals surface area contributed by atoms with Gasteiger partial charge in [-0.2, -0.15) is 0 Å². The minimum Gasteiger partial charge on any atom is -0.508 e. The molecule has 0 bridgehead atoms. The number of aryl methyl sites for hydroxylation is 1. The van der Waals surface area contributed by atoms with Crippen LogP contribution in [0.5, 0.6) is 17.5 Å². The third kappa shape index (κ3) is 5.66. The number of nitrogens with zero attached hydrogens (tertiary/aromatic N) is 5. The van der Waals surface area contributed by atoms with Gasteiger partial charge in [-0.15, -0.1) is 5.10 Å². The molecular weight excluding hydrogens is 628 g/mol. The zero-order valence-electron chi connectivity index (χ0n) is 26.9. The van der Waals surface area contributed by atoms with Crippen LogP contribution >= 0.6 is 0 Å². The lowest BCUT2D eigenvalue weighted by molar-refractivity contribution is -0.137. The molecule has 13 heteroatoms. The molecule has 2 aliphatic rings. The summed E-state index contributed by atoms with van der Waals surface area (Å²) in [6, 6.07) is 14.5. The van der Waals surface area contributed by atoms with Crippen LogP contribution < -0.4 is 5.32 Å². The first-order chi connectivity index (χ1) is 23.5. The summed E-state index contributed by atoms with van der Waals surface area (Å²) in [5, 5.41) is 42.7. The molecule has 1 unspecified atom stereocenters. The van der Waals surface area contributed by atoms with E-state index in [0.29, 0.717) is 28.9 Å². The number of hydrogen-bond donors (Lipinski definition) is 4. The third-order valence-electron chi connectivity index (χ3n) is 9.36. The van der Waals surface area contributed by atoms with Gasteiger partial charge in [0.25, 0.3) is 5.91 Å². The Morgan fingerprint density at radius 3 is 2.57 bits per heavy atom. The van der Waals surface area contributed by atoms with Crippen molar-refractivity contribution in [3.8, 4) is 34.6 Å². The predicted molar refractivity (Wildman–Crippen MR) is 177 cm³/mol. The molecule has 4 heterocycles. The normalized spacial score (nSPS) is 16.1. The zero-order valence-corrected chi connectivity index (χ0v) is 26.9. The number of nitrogens with one attached hydrogen (secondary N) is 1. The predicted octanol–water partition coefficient (Wildman–Crippen LogP) is 4.09. The van der Waals surface area contributed by atoms with E-state index in [1.807, 2.05) is 48.9 Å². The molecule has 0 spiro atoms. The van der Waals surface area contributed by atoms with Crippen molar-refractivity contribution in [3.63, 3.8) is 0 Å². The molecule has 1 fully saturated rings. The van der Waals surface area contributed by atoms with Crippen molar-refractivity contribution >= 4 is 34.4 Å². The lowest BCUT2D eigenvalue weighted by Gasteiger charge is -2.29. The Morgan fingerprint density at radius 1 is 0.980 bits per heavy atom. The molecule has 1 atom stereocenters. The number of Topliss-reactive ketones (excluding diaryl/α,β-unsaturated/α-hetero) is 1. The highest BCUT2D eigenvalue weighted by Crippen LogP contribution is 2.39. The Bertz CT molecular complexity index is 2180. The van der Waals surface area contributed by atoms with Crippen molar-refractivity contribution in [1.82, 2.24) is 29.5 Å². The summed E-state index contributed by atoms with van der Waals surface area (Å²) >= 11 is 0. The van der Waals surface area contributed by atoms with Crippen molar-refractivity contribution in [3.05, 3.63) is 83.0 Å². The highest BCUT2D eigenvalue weighted by Gasteiger charge is 2.39. The van der Waals surface area contributed by atoms with E-state index >= 15 is 0 Å². The second-order valence-electron chi connectivity index (χ2n) is 12.8. The molecule has 4 N–H and O–H groups in total. The number of imide groups is 1. The van der Waals surface area contributed by atoms with E-state index in [-0.39, 0.29) is 79.1 Å². The van der Waals surface area contributed by atoms with Crippen molar-refractivity contribution < 1.29 is 34.5 Å².